The van der Waals surface area contributed by atoms with Crippen molar-refractivity contribution in [2.45, 2.75) is 25.7 Å². The van der Waals surface area contributed by atoms with Crippen LogP contribution in [-0.2, 0) is 21.6 Å². The first-order valence-corrected chi connectivity index (χ1v) is 3.59. The van der Waals surface area contributed by atoms with Crippen molar-refractivity contribution in [1.29, 1.82) is 0 Å². The molecular weight excluding hydrogens is 343 g/mol. The third-order valence-electron chi connectivity index (χ3n) is 1.33. The van der Waals surface area contributed by atoms with Gasteiger partial charge in [0.15, 0.2) is 0 Å². The molecule has 1 aliphatic rings. The largest absolute Gasteiger partial charge is 2.00 e. The number of halogens is 2. The van der Waals surface area contributed by atoms with Gasteiger partial charge in [0, 0.05) is 0 Å². The third kappa shape index (κ3) is 19.2. The summed E-state index contributed by atoms with van der Waals surface area (Å²) in [6.07, 6.45) is 14.0. The fourth-order valence-corrected chi connectivity index (χ4v) is 0.856. The molecule has 1 aliphatic carbocycles. The average Bonchev–Trinajstić information content (AvgIpc) is 1.90. The zero-order valence-electron chi connectivity index (χ0n) is 7.34. The van der Waals surface area contributed by atoms with Crippen LogP contribution in [0.15, 0.2) is 24.3 Å². The molecule has 0 heterocycles. The molecule has 1 radical (unpaired) electrons. The smallest absolute Gasteiger partial charge is 1.00 e. The van der Waals surface area contributed by atoms with E-state index < -0.39 is 0 Å². The third-order valence-corrected chi connectivity index (χ3v) is 1.33. The summed E-state index contributed by atoms with van der Waals surface area (Å²) in [5.41, 5.74) is 0. The molecule has 0 aromatic rings. The van der Waals surface area contributed by atoms with Gasteiger partial charge in [0.2, 0.25) is 0 Å². The van der Waals surface area contributed by atoms with Crippen LogP contribution in [0, 0.1) is 0 Å². The maximum atomic E-state index is 8.00. The van der Waals surface area contributed by atoms with Gasteiger partial charge in [-0.1, -0.05) is 24.3 Å². The van der Waals surface area contributed by atoms with Gasteiger partial charge in [-0.2, -0.15) is 0 Å². The van der Waals surface area contributed by atoms with E-state index in [0.29, 0.717) is 0 Å². The summed E-state index contributed by atoms with van der Waals surface area (Å²) in [6.45, 7) is 2.00. The molecule has 0 saturated heterocycles. The van der Waals surface area contributed by atoms with Crippen LogP contribution in [0.2, 0.25) is 0 Å². The van der Waals surface area contributed by atoms with Crippen molar-refractivity contribution in [2.75, 3.05) is 0 Å². The van der Waals surface area contributed by atoms with Gasteiger partial charge in [0.25, 0.3) is 0 Å². The number of carbonyl (C=O) groups is 1. The van der Waals surface area contributed by atoms with E-state index in [1.165, 1.54) is 25.7 Å². The molecule has 0 spiro atoms. The summed E-state index contributed by atoms with van der Waals surface area (Å²) in [5, 5.41) is 0. The zero-order chi connectivity index (χ0) is 7.66. The minimum atomic E-state index is 0. The van der Waals surface area contributed by atoms with E-state index in [0.717, 1.165) is 0 Å². The minimum Gasteiger partial charge on any atom is -1.00 e. The van der Waals surface area contributed by atoms with Gasteiger partial charge in [0.1, 0.15) is 6.79 Å². The second-order valence-corrected chi connectivity index (χ2v) is 2.10. The molecule has 79 valence electrons. The van der Waals surface area contributed by atoms with Gasteiger partial charge < -0.3 is 38.8 Å². The van der Waals surface area contributed by atoms with Crippen LogP contribution in [0.1, 0.15) is 25.7 Å². The van der Waals surface area contributed by atoms with Gasteiger partial charge >= 0.3 is 16.8 Å². The Morgan fingerprint density at radius 3 is 1.00 bits per heavy atom. The van der Waals surface area contributed by atoms with E-state index in [-0.39, 0.29) is 50.7 Å². The standard InChI is InChI=1S/C8H12.CH2O.2BrH.Co/c1-2-4-6-8-7-5-3-1;1-2;;;/h1-2,7-8H,3-6H2;1H2;2*1H;/q;;;;+2/p-2/b2-1-,8-7?;;;;. The number of allylic oxidation sites excluding steroid dienone is 4. The summed E-state index contributed by atoms with van der Waals surface area (Å²) in [7, 11) is 0. The summed E-state index contributed by atoms with van der Waals surface area (Å²) < 4.78 is 0. The Labute approximate surface area is 112 Å². The Hall–Kier alpha value is 0.616. The normalized spacial score (nSPS) is 15.1. The fraction of sp³-hybridized carbons (Fsp3) is 0.444. The molecule has 0 atom stereocenters. The Kier molecular flexibility index (Phi) is 41.3. The molecule has 0 saturated carbocycles. The van der Waals surface area contributed by atoms with Crippen molar-refractivity contribution < 1.29 is 55.5 Å². The molecular formula is C9H14Br2CoO. The predicted molar refractivity (Wildman–Crippen MR) is 43.9 cm³/mol. The summed E-state index contributed by atoms with van der Waals surface area (Å²) in [6, 6.07) is 0. The molecule has 0 aromatic carbocycles. The SMILES string of the molecule is C1=CCC/C=C\CC1.C=O.[Br-].[Br-].[Co+2]. The monoisotopic (exact) mass is 355 g/mol. The van der Waals surface area contributed by atoms with E-state index >= 15 is 0 Å². The zero-order valence-corrected chi connectivity index (χ0v) is 11.6. The molecule has 1 rings (SSSR count). The molecule has 0 amide bonds. The van der Waals surface area contributed by atoms with E-state index in [1.54, 1.807) is 0 Å². The second kappa shape index (κ2) is 22.9. The molecule has 1 nitrogen and oxygen atoms in total. The maximum Gasteiger partial charge on any atom is 2.00 e. The van der Waals surface area contributed by atoms with Crippen LogP contribution in [0.25, 0.3) is 0 Å². The Morgan fingerprint density at radius 1 is 0.692 bits per heavy atom. The van der Waals surface area contributed by atoms with Crippen LogP contribution in [0.5, 0.6) is 0 Å². The number of hydrogen-bond acceptors (Lipinski definition) is 1. The van der Waals surface area contributed by atoms with Gasteiger partial charge in [0.05, 0.1) is 0 Å². The van der Waals surface area contributed by atoms with Crippen LogP contribution in [0.4, 0.5) is 0 Å². The van der Waals surface area contributed by atoms with E-state index in [4.69, 9.17) is 4.79 Å². The number of hydrogen-bond donors (Lipinski definition) is 0. The van der Waals surface area contributed by atoms with Crippen molar-refractivity contribution in [3.05, 3.63) is 24.3 Å². The van der Waals surface area contributed by atoms with Gasteiger partial charge in [-0.05, 0) is 25.7 Å². The molecule has 0 aromatic heterocycles. The van der Waals surface area contributed by atoms with Crippen LogP contribution in [-0.4, -0.2) is 6.79 Å². The molecule has 13 heavy (non-hydrogen) atoms. The molecule has 4 heteroatoms. The average molecular weight is 357 g/mol. The summed E-state index contributed by atoms with van der Waals surface area (Å²) >= 11 is 0. The quantitative estimate of drug-likeness (QED) is 0.412. The first-order valence-electron chi connectivity index (χ1n) is 3.59. The maximum absolute atomic E-state index is 8.00. The predicted octanol–water partition coefficient (Wildman–Crippen LogP) is -3.51. The van der Waals surface area contributed by atoms with E-state index in [2.05, 4.69) is 24.3 Å². The molecule has 0 bridgehead atoms. The fourth-order valence-electron chi connectivity index (χ4n) is 0.856. The Morgan fingerprint density at radius 2 is 0.846 bits per heavy atom. The first-order chi connectivity index (χ1) is 5.00. The molecule has 0 fully saturated rings. The first kappa shape index (κ1) is 23.4. The molecule has 0 aliphatic heterocycles. The topological polar surface area (TPSA) is 17.1 Å². The van der Waals surface area contributed by atoms with Gasteiger partial charge in [-0.15, -0.1) is 0 Å². The van der Waals surface area contributed by atoms with Crippen molar-refractivity contribution in [3.8, 4) is 0 Å². The van der Waals surface area contributed by atoms with Gasteiger partial charge in [-0.25, -0.2) is 0 Å². The van der Waals surface area contributed by atoms with Crippen molar-refractivity contribution >= 4 is 6.79 Å². The van der Waals surface area contributed by atoms with Crippen LogP contribution in [0.3, 0.4) is 0 Å². The minimum absolute atomic E-state index is 0. The summed E-state index contributed by atoms with van der Waals surface area (Å²) in [4.78, 5) is 8.00. The van der Waals surface area contributed by atoms with Crippen molar-refractivity contribution in [3.63, 3.8) is 0 Å². The second-order valence-electron chi connectivity index (χ2n) is 2.10. The van der Waals surface area contributed by atoms with E-state index in [1.807, 2.05) is 6.79 Å². The van der Waals surface area contributed by atoms with Crippen LogP contribution >= 0.6 is 0 Å². The number of rotatable bonds is 0. The van der Waals surface area contributed by atoms with E-state index in [9.17, 15) is 0 Å². The van der Waals surface area contributed by atoms with Crippen molar-refractivity contribution in [1.82, 2.24) is 0 Å². The molecule has 0 N–H and O–H groups in total. The number of carbonyl (C=O) groups excluding carboxylic acids is 1. The Balaban J connectivity index is -0.0000000761. The van der Waals surface area contributed by atoms with Gasteiger partial charge in [-0.3, -0.25) is 0 Å². The Bertz CT molecular complexity index is 101. The summed E-state index contributed by atoms with van der Waals surface area (Å²) in [5.74, 6) is 0. The van der Waals surface area contributed by atoms with Crippen LogP contribution < -0.4 is 34.0 Å². The van der Waals surface area contributed by atoms with Crippen molar-refractivity contribution in [2.24, 2.45) is 0 Å². The molecule has 0 unspecified atom stereocenters.